The normalized spacial score (nSPS) is 20.8. The summed E-state index contributed by atoms with van der Waals surface area (Å²) in [7, 11) is -3.18. The molecule has 1 atom stereocenters. The number of hydrogen-bond donors (Lipinski definition) is 0. The number of benzene rings is 1. The first kappa shape index (κ1) is 20.2. The second-order valence-corrected chi connectivity index (χ2v) is 9.52. The monoisotopic (exact) mass is 432 g/mol. The Morgan fingerprint density at radius 3 is 2.73 bits per heavy atom. The largest absolute Gasteiger partial charge is 0.451 e. The van der Waals surface area contributed by atoms with Crippen LogP contribution in [0, 0.1) is 6.92 Å². The Bertz CT molecular complexity index is 1110. The van der Waals surface area contributed by atoms with Crippen LogP contribution in [-0.2, 0) is 30.8 Å². The Balaban J connectivity index is 1.39. The lowest BCUT2D eigenvalue weighted by Crippen LogP contribution is -2.42. The molecule has 0 radical (unpaired) electrons. The van der Waals surface area contributed by atoms with E-state index < -0.39 is 21.8 Å². The number of rotatable bonds is 5. The van der Waals surface area contributed by atoms with Gasteiger partial charge in [-0.05, 0) is 13.3 Å². The quantitative estimate of drug-likeness (QED) is 0.645. The van der Waals surface area contributed by atoms with Crippen LogP contribution in [0.25, 0.3) is 11.4 Å². The van der Waals surface area contributed by atoms with Gasteiger partial charge >= 0.3 is 5.97 Å². The van der Waals surface area contributed by atoms with Gasteiger partial charge in [-0.2, -0.15) is 10.1 Å². The van der Waals surface area contributed by atoms with Crippen LogP contribution in [0.2, 0.25) is 0 Å². The molecule has 1 amide bonds. The fraction of sp³-hybridized carbons (Fsp3) is 0.421. The number of aromatic nitrogens is 2. The molecular formula is C19H20N4O6S. The number of carbonyl (C=O) groups excluding carboxylic acids is 2. The Morgan fingerprint density at radius 1 is 1.27 bits per heavy atom. The van der Waals surface area contributed by atoms with Gasteiger partial charge in [0.1, 0.15) is 5.71 Å². The summed E-state index contributed by atoms with van der Waals surface area (Å²) in [6.45, 7) is 1.74. The molecule has 4 rings (SSSR count). The van der Waals surface area contributed by atoms with E-state index in [1.54, 1.807) is 0 Å². The average molecular weight is 432 g/mol. The van der Waals surface area contributed by atoms with E-state index in [1.165, 1.54) is 0 Å². The first-order valence-electron chi connectivity index (χ1n) is 9.47. The molecule has 2 aromatic rings. The lowest BCUT2D eigenvalue weighted by molar-refractivity contribution is -0.138. The van der Waals surface area contributed by atoms with E-state index in [0.717, 1.165) is 16.1 Å². The highest BCUT2D eigenvalue weighted by atomic mass is 32.2. The van der Waals surface area contributed by atoms with Crippen LogP contribution >= 0.6 is 0 Å². The van der Waals surface area contributed by atoms with Gasteiger partial charge in [-0.25, -0.2) is 18.2 Å². The molecule has 158 valence electrons. The zero-order valence-electron chi connectivity index (χ0n) is 16.3. The summed E-state index contributed by atoms with van der Waals surface area (Å²) in [5.41, 5.74) is 1.95. The molecule has 2 aliphatic heterocycles. The topological polar surface area (TPSA) is 132 Å². The molecule has 30 heavy (non-hydrogen) atoms. The molecule has 3 heterocycles. The van der Waals surface area contributed by atoms with Crippen LogP contribution in [0.3, 0.4) is 0 Å². The standard InChI is InChI=1S/C19H20N4O6S/c1-12-2-4-13(5-3-12)18-20-16(29-22-18)10-28-19(25)15-6-7-17(24)23(21-15)14-8-9-30(26,27)11-14/h2-5,14H,6-11H2,1H3/t14-/m1/s1. The van der Waals surface area contributed by atoms with Crippen LogP contribution in [-0.4, -0.2) is 58.7 Å². The predicted molar refractivity (Wildman–Crippen MR) is 105 cm³/mol. The number of carbonyl (C=O) groups is 2. The van der Waals surface area contributed by atoms with Crippen molar-refractivity contribution in [2.75, 3.05) is 11.5 Å². The van der Waals surface area contributed by atoms with Gasteiger partial charge in [0.2, 0.25) is 11.7 Å². The van der Waals surface area contributed by atoms with Gasteiger partial charge in [0, 0.05) is 18.4 Å². The van der Waals surface area contributed by atoms with Crippen molar-refractivity contribution in [2.45, 2.75) is 38.8 Å². The van der Waals surface area contributed by atoms with Gasteiger partial charge in [0.05, 0.1) is 17.5 Å². The minimum absolute atomic E-state index is 0.0111. The third-order valence-electron chi connectivity index (χ3n) is 4.95. The number of esters is 1. The van der Waals surface area contributed by atoms with Crippen molar-refractivity contribution in [1.82, 2.24) is 15.1 Å². The zero-order chi connectivity index (χ0) is 21.3. The molecule has 0 bridgehead atoms. The summed E-state index contributed by atoms with van der Waals surface area (Å²) in [6, 6.07) is 7.03. The molecule has 2 aliphatic rings. The van der Waals surface area contributed by atoms with Crippen molar-refractivity contribution in [1.29, 1.82) is 0 Å². The Hall–Kier alpha value is -3.08. The fourth-order valence-electron chi connectivity index (χ4n) is 3.32. The highest BCUT2D eigenvalue weighted by molar-refractivity contribution is 7.91. The molecule has 1 aromatic heterocycles. The number of amides is 1. The maximum atomic E-state index is 12.4. The molecule has 1 fully saturated rings. The van der Waals surface area contributed by atoms with Crippen molar-refractivity contribution in [2.24, 2.45) is 5.10 Å². The second-order valence-electron chi connectivity index (χ2n) is 7.30. The maximum absolute atomic E-state index is 12.4. The number of aryl methyl sites for hydroxylation is 1. The van der Waals surface area contributed by atoms with E-state index in [9.17, 15) is 18.0 Å². The first-order chi connectivity index (χ1) is 14.3. The van der Waals surface area contributed by atoms with Crippen molar-refractivity contribution < 1.29 is 27.3 Å². The summed E-state index contributed by atoms with van der Waals surface area (Å²) in [4.78, 5) is 28.7. The summed E-state index contributed by atoms with van der Waals surface area (Å²) < 4.78 is 33.7. The van der Waals surface area contributed by atoms with Gasteiger partial charge in [-0.3, -0.25) is 4.79 Å². The van der Waals surface area contributed by atoms with Crippen molar-refractivity contribution in [3.8, 4) is 11.4 Å². The lowest BCUT2D eigenvalue weighted by atomic mass is 10.1. The molecule has 0 saturated carbocycles. The van der Waals surface area contributed by atoms with E-state index in [2.05, 4.69) is 15.2 Å². The zero-order valence-corrected chi connectivity index (χ0v) is 17.1. The Morgan fingerprint density at radius 2 is 2.03 bits per heavy atom. The van der Waals surface area contributed by atoms with Crippen molar-refractivity contribution >= 4 is 27.4 Å². The summed E-state index contributed by atoms with van der Waals surface area (Å²) >= 11 is 0. The molecule has 10 nitrogen and oxygen atoms in total. The van der Waals surface area contributed by atoms with E-state index in [1.807, 2.05) is 31.2 Å². The van der Waals surface area contributed by atoms with Crippen molar-refractivity contribution in [3.63, 3.8) is 0 Å². The molecule has 1 saturated heterocycles. The van der Waals surface area contributed by atoms with Crippen LogP contribution < -0.4 is 0 Å². The van der Waals surface area contributed by atoms with Crippen LogP contribution in [0.1, 0.15) is 30.7 Å². The third kappa shape index (κ3) is 4.40. The molecule has 0 spiro atoms. The molecule has 11 heteroatoms. The van der Waals surface area contributed by atoms with Crippen LogP contribution in [0.4, 0.5) is 0 Å². The molecule has 0 unspecified atom stereocenters. The maximum Gasteiger partial charge on any atom is 0.355 e. The van der Waals surface area contributed by atoms with Crippen molar-refractivity contribution in [3.05, 3.63) is 35.7 Å². The third-order valence-corrected chi connectivity index (χ3v) is 6.70. The highest BCUT2D eigenvalue weighted by Gasteiger charge is 2.37. The van der Waals surface area contributed by atoms with Crippen LogP contribution in [0.15, 0.2) is 33.9 Å². The van der Waals surface area contributed by atoms with E-state index in [4.69, 9.17) is 9.26 Å². The van der Waals surface area contributed by atoms with E-state index in [0.29, 0.717) is 12.2 Å². The summed E-state index contributed by atoms with van der Waals surface area (Å²) in [5.74, 6) is -0.622. The molecule has 0 N–H and O–H groups in total. The van der Waals surface area contributed by atoms with Gasteiger partial charge in [-0.1, -0.05) is 35.0 Å². The number of hydrazone groups is 1. The minimum Gasteiger partial charge on any atom is -0.451 e. The van der Waals surface area contributed by atoms with E-state index in [-0.39, 0.29) is 48.5 Å². The Kier molecular flexibility index (Phi) is 5.37. The molecular weight excluding hydrogens is 412 g/mol. The number of nitrogens with zero attached hydrogens (tertiary/aromatic N) is 4. The highest BCUT2D eigenvalue weighted by Crippen LogP contribution is 2.22. The molecule has 1 aromatic carbocycles. The lowest BCUT2D eigenvalue weighted by Gasteiger charge is -2.27. The summed E-state index contributed by atoms with van der Waals surface area (Å²) in [6.07, 6.45) is 0.512. The van der Waals surface area contributed by atoms with Gasteiger partial charge in [0.25, 0.3) is 5.89 Å². The fourth-order valence-corrected chi connectivity index (χ4v) is 5.01. The van der Waals surface area contributed by atoms with Gasteiger partial charge in [0.15, 0.2) is 16.4 Å². The van der Waals surface area contributed by atoms with Gasteiger partial charge in [-0.15, -0.1) is 0 Å². The number of ether oxygens (including phenoxy) is 1. The average Bonchev–Trinajstić information content (AvgIpc) is 3.33. The minimum atomic E-state index is -3.18. The van der Waals surface area contributed by atoms with Gasteiger partial charge < -0.3 is 9.26 Å². The second kappa shape index (κ2) is 7.98. The van der Waals surface area contributed by atoms with E-state index >= 15 is 0 Å². The number of hydrogen-bond acceptors (Lipinski definition) is 9. The SMILES string of the molecule is Cc1ccc(-c2noc(COC(=O)C3=NN([C@@H]4CCS(=O)(=O)C4)C(=O)CC3)n2)cc1. The smallest absolute Gasteiger partial charge is 0.355 e. The first-order valence-corrected chi connectivity index (χ1v) is 11.3. The molecule has 0 aliphatic carbocycles. The van der Waals surface area contributed by atoms with Crippen LogP contribution in [0.5, 0.6) is 0 Å². The summed E-state index contributed by atoms with van der Waals surface area (Å²) in [5, 5.41) is 9.07. The predicted octanol–water partition coefficient (Wildman–Crippen LogP) is 1.25. The number of sulfone groups is 1. The Labute approximate surface area is 172 Å².